The Morgan fingerprint density at radius 3 is 2.30 bits per heavy atom. The Morgan fingerprint density at radius 2 is 1.61 bits per heavy atom. The first-order chi connectivity index (χ1) is 16.2. The molecule has 3 aliphatic rings. The van der Waals surface area contributed by atoms with Gasteiger partial charge in [-0.1, -0.05) is 17.7 Å². The fourth-order valence-electron chi connectivity index (χ4n) is 4.95. The second-order valence-corrected chi connectivity index (χ2v) is 9.36. The molecule has 1 amide bonds. The van der Waals surface area contributed by atoms with Crippen molar-refractivity contribution in [2.24, 2.45) is 5.92 Å². The van der Waals surface area contributed by atoms with Gasteiger partial charge in [-0.15, -0.1) is 10.2 Å². The number of benzene rings is 1. The first-order valence-corrected chi connectivity index (χ1v) is 12.3. The highest BCUT2D eigenvalue weighted by atomic mass is 35.5. The van der Waals surface area contributed by atoms with Gasteiger partial charge in [-0.05, 0) is 43.2 Å². The summed E-state index contributed by atoms with van der Waals surface area (Å²) < 4.78 is 5.42. The molecular weight excluding hydrogens is 440 g/mol. The van der Waals surface area contributed by atoms with E-state index in [0.29, 0.717) is 6.54 Å². The minimum atomic E-state index is 0.0113. The highest BCUT2D eigenvalue weighted by Crippen LogP contribution is 2.26. The van der Waals surface area contributed by atoms with Gasteiger partial charge < -0.3 is 24.3 Å². The molecule has 2 aromatic rings. The van der Waals surface area contributed by atoms with Crippen molar-refractivity contribution in [2.45, 2.75) is 12.8 Å². The van der Waals surface area contributed by atoms with Crippen LogP contribution in [0, 0.1) is 5.92 Å². The number of ether oxygens (including phenoxy) is 1. The topological polar surface area (TPSA) is 65.0 Å². The summed E-state index contributed by atoms with van der Waals surface area (Å²) in [5.41, 5.74) is 1.12. The fraction of sp³-hybridized carbons (Fsp3) is 0.542. The maximum absolute atomic E-state index is 13.3. The number of amides is 1. The van der Waals surface area contributed by atoms with Crippen molar-refractivity contribution in [2.75, 3.05) is 80.3 Å². The SMILES string of the molecule is O=C(C1CCCN(c2ccc(N3CCOCC3)nn2)C1)N1CCN(c2cccc(Cl)c2)CC1. The van der Waals surface area contributed by atoms with Crippen molar-refractivity contribution in [1.82, 2.24) is 15.1 Å². The fourth-order valence-corrected chi connectivity index (χ4v) is 5.14. The van der Waals surface area contributed by atoms with E-state index in [2.05, 4.69) is 31.0 Å². The van der Waals surface area contributed by atoms with Gasteiger partial charge >= 0.3 is 0 Å². The lowest BCUT2D eigenvalue weighted by molar-refractivity contribution is -0.136. The van der Waals surface area contributed by atoms with Crippen LogP contribution in [0.15, 0.2) is 36.4 Å². The Kier molecular flexibility index (Phi) is 6.83. The minimum absolute atomic E-state index is 0.0113. The number of halogens is 1. The van der Waals surface area contributed by atoms with Gasteiger partial charge in [0.15, 0.2) is 11.6 Å². The van der Waals surface area contributed by atoms with Crippen molar-refractivity contribution < 1.29 is 9.53 Å². The van der Waals surface area contributed by atoms with Crippen LogP contribution in [0.1, 0.15) is 12.8 Å². The van der Waals surface area contributed by atoms with Crippen LogP contribution >= 0.6 is 11.6 Å². The molecule has 4 heterocycles. The summed E-state index contributed by atoms with van der Waals surface area (Å²) in [4.78, 5) is 22.0. The van der Waals surface area contributed by atoms with E-state index in [9.17, 15) is 4.79 Å². The van der Waals surface area contributed by atoms with Crippen molar-refractivity contribution in [3.05, 3.63) is 41.4 Å². The maximum Gasteiger partial charge on any atom is 0.227 e. The molecule has 0 N–H and O–H groups in total. The second kappa shape index (κ2) is 10.1. The Balaban J connectivity index is 1.16. The first kappa shape index (κ1) is 22.2. The summed E-state index contributed by atoms with van der Waals surface area (Å²) in [5.74, 6) is 2.03. The van der Waals surface area contributed by atoms with Crippen LogP contribution in [0.3, 0.4) is 0 Å². The number of piperazine rings is 1. The number of aromatic nitrogens is 2. The molecule has 33 heavy (non-hydrogen) atoms. The molecular formula is C24H31ClN6O2. The van der Waals surface area contributed by atoms with Gasteiger partial charge in [0.1, 0.15) is 0 Å². The molecule has 176 valence electrons. The molecule has 1 aromatic carbocycles. The minimum Gasteiger partial charge on any atom is -0.378 e. The summed E-state index contributed by atoms with van der Waals surface area (Å²) in [7, 11) is 0. The van der Waals surface area contributed by atoms with Crippen LogP contribution in [0.25, 0.3) is 0 Å². The number of carbonyl (C=O) groups is 1. The maximum atomic E-state index is 13.3. The molecule has 3 saturated heterocycles. The molecule has 0 spiro atoms. The number of carbonyl (C=O) groups excluding carboxylic acids is 1. The lowest BCUT2D eigenvalue weighted by Gasteiger charge is -2.40. The van der Waals surface area contributed by atoms with Gasteiger partial charge in [-0.3, -0.25) is 4.79 Å². The quantitative estimate of drug-likeness (QED) is 0.680. The van der Waals surface area contributed by atoms with Gasteiger partial charge in [0.25, 0.3) is 0 Å². The van der Waals surface area contributed by atoms with E-state index in [1.807, 2.05) is 35.2 Å². The van der Waals surface area contributed by atoms with E-state index < -0.39 is 0 Å². The van der Waals surface area contributed by atoms with Crippen LogP contribution in [-0.4, -0.2) is 86.6 Å². The van der Waals surface area contributed by atoms with Crippen molar-refractivity contribution >= 4 is 34.8 Å². The smallest absolute Gasteiger partial charge is 0.227 e. The Morgan fingerprint density at radius 1 is 0.879 bits per heavy atom. The zero-order valence-electron chi connectivity index (χ0n) is 18.9. The summed E-state index contributed by atoms with van der Waals surface area (Å²) in [5, 5.41) is 9.68. The van der Waals surface area contributed by atoms with E-state index in [0.717, 1.165) is 94.2 Å². The summed E-state index contributed by atoms with van der Waals surface area (Å²) in [6, 6.07) is 12.0. The first-order valence-electron chi connectivity index (χ1n) is 11.9. The average Bonchev–Trinajstić information content (AvgIpc) is 2.89. The number of rotatable bonds is 4. The molecule has 9 heteroatoms. The molecule has 1 atom stereocenters. The van der Waals surface area contributed by atoms with Gasteiger partial charge in [0.05, 0.1) is 19.1 Å². The van der Waals surface area contributed by atoms with Crippen LogP contribution in [-0.2, 0) is 9.53 Å². The number of nitrogens with zero attached hydrogens (tertiary/aromatic N) is 6. The number of hydrogen-bond donors (Lipinski definition) is 0. The van der Waals surface area contributed by atoms with Gasteiger partial charge in [-0.2, -0.15) is 0 Å². The molecule has 1 unspecified atom stereocenters. The molecule has 0 radical (unpaired) electrons. The van der Waals surface area contributed by atoms with Crippen molar-refractivity contribution in [3.63, 3.8) is 0 Å². The third-order valence-electron chi connectivity index (χ3n) is 6.83. The van der Waals surface area contributed by atoms with E-state index in [4.69, 9.17) is 16.3 Å². The predicted molar refractivity (Wildman–Crippen MR) is 130 cm³/mol. The van der Waals surface area contributed by atoms with E-state index in [1.165, 1.54) is 0 Å². The monoisotopic (exact) mass is 470 g/mol. The molecule has 1 aromatic heterocycles. The van der Waals surface area contributed by atoms with Gasteiger partial charge in [-0.25, -0.2) is 0 Å². The molecule has 0 saturated carbocycles. The zero-order valence-corrected chi connectivity index (χ0v) is 19.7. The Bertz CT molecular complexity index is 944. The number of anilines is 3. The number of morpholine rings is 1. The van der Waals surface area contributed by atoms with Crippen LogP contribution < -0.4 is 14.7 Å². The highest BCUT2D eigenvalue weighted by molar-refractivity contribution is 6.30. The van der Waals surface area contributed by atoms with Crippen LogP contribution in [0.5, 0.6) is 0 Å². The van der Waals surface area contributed by atoms with Gasteiger partial charge in [0.2, 0.25) is 5.91 Å². The Hall–Kier alpha value is -2.58. The predicted octanol–water partition coefficient (Wildman–Crippen LogP) is 2.53. The third-order valence-corrected chi connectivity index (χ3v) is 7.07. The third kappa shape index (κ3) is 5.17. The standard InChI is InChI=1S/C24H31ClN6O2/c25-20-4-1-5-21(17-20)28-9-11-30(12-10-28)24(32)19-3-2-8-31(18-19)23-7-6-22(26-27-23)29-13-15-33-16-14-29/h1,4-7,17,19H,2-3,8-16,18H2. The van der Waals surface area contributed by atoms with E-state index in [1.54, 1.807) is 0 Å². The van der Waals surface area contributed by atoms with E-state index >= 15 is 0 Å². The average molecular weight is 471 g/mol. The summed E-state index contributed by atoms with van der Waals surface area (Å²) in [6.07, 6.45) is 1.93. The molecule has 8 nitrogen and oxygen atoms in total. The molecule has 0 bridgehead atoms. The molecule has 3 fully saturated rings. The zero-order chi connectivity index (χ0) is 22.6. The number of piperidine rings is 1. The summed E-state index contributed by atoms with van der Waals surface area (Å²) >= 11 is 6.14. The van der Waals surface area contributed by atoms with E-state index in [-0.39, 0.29) is 11.8 Å². The summed E-state index contributed by atoms with van der Waals surface area (Å²) in [6.45, 7) is 7.92. The normalized spacial score (nSPS) is 21.9. The Labute approximate surface area is 200 Å². The molecule has 3 aliphatic heterocycles. The van der Waals surface area contributed by atoms with Crippen LogP contribution in [0.4, 0.5) is 17.3 Å². The van der Waals surface area contributed by atoms with Gasteiger partial charge in [0, 0.05) is 63.1 Å². The van der Waals surface area contributed by atoms with Crippen molar-refractivity contribution in [3.8, 4) is 0 Å². The lowest BCUT2D eigenvalue weighted by atomic mass is 9.96. The molecule has 5 rings (SSSR count). The second-order valence-electron chi connectivity index (χ2n) is 8.93. The molecule has 0 aliphatic carbocycles. The lowest BCUT2D eigenvalue weighted by Crippen LogP contribution is -2.52. The number of hydrogen-bond acceptors (Lipinski definition) is 7. The van der Waals surface area contributed by atoms with Crippen LogP contribution in [0.2, 0.25) is 5.02 Å². The van der Waals surface area contributed by atoms with Crippen molar-refractivity contribution in [1.29, 1.82) is 0 Å². The highest BCUT2D eigenvalue weighted by Gasteiger charge is 2.31. The largest absolute Gasteiger partial charge is 0.378 e.